The smallest absolute Gasteiger partial charge is 0.122 e. The van der Waals surface area contributed by atoms with Crippen LogP contribution in [0.25, 0.3) is 0 Å². The molecule has 0 aromatic heterocycles. The molecule has 1 aliphatic rings. The molecule has 1 heterocycles. The van der Waals surface area contributed by atoms with Gasteiger partial charge in [-0.1, -0.05) is 31.5 Å². The zero-order valence-corrected chi connectivity index (χ0v) is 9.49. The number of para-hydroxylation sites is 1. The van der Waals surface area contributed by atoms with Gasteiger partial charge in [-0.15, -0.1) is 0 Å². The first-order valence-electron chi connectivity index (χ1n) is 5.70. The van der Waals surface area contributed by atoms with E-state index in [0.29, 0.717) is 5.92 Å². The molecule has 1 aromatic rings. The summed E-state index contributed by atoms with van der Waals surface area (Å²) in [5.41, 5.74) is 1.36. The topological polar surface area (TPSA) is 21.3 Å². The van der Waals surface area contributed by atoms with Crippen LogP contribution in [-0.2, 0) is 0 Å². The Balaban J connectivity index is 2.27. The first-order chi connectivity index (χ1) is 7.36. The molecule has 0 radical (unpaired) electrons. The molecule has 1 fully saturated rings. The number of benzene rings is 1. The largest absolute Gasteiger partial charge is 0.496 e. The lowest BCUT2D eigenvalue weighted by Crippen LogP contribution is -2.10. The minimum Gasteiger partial charge on any atom is -0.496 e. The third-order valence-electron chi connectivity index (χ3n) is 3.40. The van der Waals surface area contributed by atoms with Crippen LogP contribution in [0.2, 0.25) is 0 Å². The van der Waals surface area contributed by atoms with Crippen LogP contribution in [0.4, 0.5) is 0 Å². The summed E-state index contributed by atoms with van der Waals surface area (Å²) in [6.45, 7) is 4.48. The van der Waals surface area contributed by atoms with E-state index in [1.165, 1.54) is 12.0 Å². The summed E-state index contributed by atoms with van der Waals surface area (Å²) in [6, 6.07) is 8.38. The average molecular weight is 205 g/mol. The summed E-state index contributed by atoms with van der Waals surface area (Å²) < 4.78 is 5.42. The molecule has 0 unspecified atom stereocenters. The van der Waals surface area contributed by atoms with Crippen molar-refractivity contribution in [2.45, 2.75) is 19.3 Å². The number of methoxy groups -OCH3 is 1. The fraction of sp³-hybridized carbons (Fsp3) is 0.538. The molecule has 1 aromatic carbocycles. The van der Waals surface area contributed by atoms with Crippen LogP contribution in [0.15, 0.2) is 24.3 Å². The number of rotatable bonds is 3. The number of nitrogens with one attached hydrogen (secondary N) is 1. The van der Waals surface area contributed by atoms with E-state index in [2.05, 4.69) is 30.4 Å². The zero-order valence-electron chi connectivity index (χ0n) is 9.49. The van der Waals surface area contributed by atoms with Crippen LogP contribution in [0.1, 0.15) is 24.8 Å². The summed E-state index contributed by atoms with van der Waals surface area (Å²) in [6.07, 6.45) is 1.23. The van der Waals surface area contributed by atoms with E-state index in [1.807, 2.05) is 6.07 Å². The van der Waals surface area contributed by atoms with E-state index >= 15 is 0 Å². The lowest BCUT2D eigenvalue weighted by Gasteiger charge is -2.19. The first-order valence-corrected chi connectivity index (χ1v) is 5.70. The summed E-state index contributed by atoms with van der Waals surface area (Å²) >= 11 is 0. The van der Waals surface area contributed by atoms with Gasteiger partial charge < -0.3 is 10.1 Å². The molecule has 0 saturated carbocycles. The number of hydrogen-bond donors (Lipinski definition) is 1. The Morgan fingerprint density at radius 2 is 2.13 bits per heavy atom. The summed E-state index contributed by atoms with van der Waals surface area (Å²) in [5.74, 6) is 2.40. The van der Waals surface area contributed by atoms with Gasteiger partial charge in [0.05, 0.1) is 7.11 Å². The van der Waals surface area contributed by atoms with Crippen molar-refractivity contribution in [3.8, 4) is 5.75 Å². The highest BCUT2D eigenvalue weighted by Gasteiger charge is 2.28. The molecule has 1 aliphatic heterocycles. The molecular formula is C13H19NO. The maximum Gasteiger partial charge on any atom is 0.122 e. The van der Waals surface area contributed by atoms with Gasteiger partial charge in [-0.25, -0.2) is 0 Å². The molecule has 2 atom stereocenters. The minimum atomic E-state index is 0.617. The Kier molecular flexibility index (Phi) is 3.27. The Labute approximate surface area is 91.6 Å². The van der Waals surface area contributed by atoms with Crippen LogP contribution in [-0.4, -0.2) is 20.2 Å². The van der Waals surface area contributed by atoms with Gasteiger partial charge in [-0.05, 0) is 24.1 Å². The van der Waals surface area contributed by atoms with Gasteiger partial charge in [0.1, 0.15) is 5.75 Å². The quantitative estimate of drug-likeness (QED) is 0.818. The van der Waals surface area contributed by atoms with Crippen LogP contribution in [0.5, 0.6) is 5.75 Å². The lowest BCUT2D eigenvalue weighted by atomic mass is 9.87. The molecular weight excluding hydrogens is 186 g/mol. The Hall–Kier alpha value is -1.02. The van der Waals surface area contributed by atoms with Crippen molar-refractivity contribution in [3.05, 3.63) is 29.8 Å². The maximum atomic E-state index is 5.42. The van der Waals surface area contributed by atoms with Crippen molar-refractivity contribution >= 4 is 0 Å². The molecule has 2 heteroatoms. The third kappa shape index (κ3) is 2.00. The van der Waals surface area contributed by atoms with Gasteiger partial charge in [0.15, 0.2) is 0 Å². The highest BCUT2D eigenvalue weighted by molar-refractivity contribution is 5.37. The van der Waals surface area contributed by atoms with Gasteiger partial charge >= 0.3 is 0 Å². The van der Waals surface area contributed by atoms with Gasteiger partial charge in [0.2, 0.25) is 0 Å². The molecule has 15 heavy (non-hydrogen) atoms. The van der Waals surface area contributed by atoms with Crippen molar-refractivity contribution in [2.75, 3.05) is 20.2 Å². The van der Waals surface area contributed by atoms with Gasteiger partial charge in [-0.3, -0.25) is 0 Å². The van der Waals surface area contributed by atoms with E-state index in [9.17, 15) is 0 Å². The molecule has 2 nitrogen and oxygen atoms in total. The van der Waals surface area contributed by atoms with E-state index in [-0.39, 0.29) is 0 Å². The highest BCUT2D eigenvalue weighted by atomic mass is 16.5. The van der Waals surface area contributed by atoms with Gasteiger partial charge in [0, 0.05) is 12.5 Å². The van der Waals surface area contributed by atoms with Crippen molar-refractivity contribution in [1.82, 2.24) is 5.32 Å². The van der Waals surface area contributed by atoms with Crippen LogP contribution in [0.3, 0.4) is 0 Å². The third-order valence-corrected chi connectivity index (χ3v) is 3.40. The van der Waals surface area contributed by atoms with Crippen molar-refractivity contribution in [1.29, 1.82) is 0 Å². The van der Waals surface area contributed by atoms with E-state index in [0.717, 1.165) is 24.8 Å². The van der Waals surface area contributed by atoms with Gasteiger partial charge in [0.25, 0.3) is 0 Å². The number of ether oxygens (including phenoxy) is 1. The van der Waals surface area contributed by atoms with Crippen LogP contribution in [0, 0.1) is 5.92 Å². The standard InChI is InChI=1S/C13H19NO/c1-3-10-8-14-9-12(10)11-6-4-5-7-13(11)15-2/h4-7,10,12,14H,3,8-9H2,1-2H3/t10-,12+/m1/s1. The molecule has 2 rings (SSSR count). The number of hydrogen-bond acceptors (Lipinski definition) is 2. The molecule has 0 aliphatic carbocycles. The predicted molar refractivity (Wildman–Crippen MR) is 62.4 cm³/mol. The normalized spacial score (nSPS) is 25.5. The SMILES string of the molecule is CC[C@@H]1CNC[C@@H]1c1ccccc1OC. The molecule has 0 amide bonds. The highest BCUT2D eigenvalue weighted by Crippen LogP contribution is 2.35. The second-order valence-electron chi connectivity index (χ2n) is 4.18. The van der Waals surface area contributed by atoms with E-state index in [4.69, 9.17) is 4.74 Å². The average Bonchev–Trinajstić information content (AvgIpc) is 2.76. The fourth-order valence-electron chi connectivity index (χ4n) is 2.50. The monoisotopic (exact) mass is 205 g/mol. The van der Waals surface area contributed by atoms with Crippen molar-refractivity contribution in [2.24, 2.45) is 5.92 Å². The molecule has 1 saturated heterocycles. The second-order valence-corrected chi connectivity index (χ2v) is 4.18. The van der Waals surface area contributed by atoms with E-state index in [1.54, 1.807) is 7.11 Å². The van der Waals surface area contributed by atoms with Crippen molar-refractivity contribution < 1.29 is 4.74 Å². The molecule has 0 spiro atoms. The summed E-state index contributed by atoms with van der Waals surface area (Å²) in [4.78, 5) is 0. The second kappa shape index (κ2) is 4.67. The van der Waals surface area contributed by atoms with Gasteiger partial charge in [-0.2, -0.15) is 0 Å². The Bertz CT molecular complexity index is 324. The summed E-state index contributed by atoms with van der Waals surface area (Å²) in [5, 5.41) is 3.47. The Morgan fingerprint density at radius 1 is 1.33 bits per heavy atom. The Morgan fingerprint density at radius 3 is 2.87 bits per heavy atom. The van der Waals surface area contributed by atoms with Crippen LogP contribution < -0.4 is 10.1 Å². The van der Waals surface area contributed by atoms with Crippen LogP contribution >= 0.6 is 0 Å². The van der Waals surface area contributed by atoms with Crippen molar-refractivity contribution in [3.63, 3.8) is 0 Å². The maximum absolute atomic E-state index is 5.42. The first kappa shape index (κ1) is 10.5. The van der Waals surface area contributed by atoms with E-state index < -0.39 is 0 Å². The zero-order chi connectivity index (χ0) is 10.7. The molecule has 0 bridgehead atoms. The predicted octanol–water partition coefficient (Wildman–Crippen LogP) is 2.41. The molecule has 82 valence electrons. The summed E-state index contributed by atoms with van der Waals surface area (Å²) in [7, 11) is 1.75. The minimum absolute atomic E-state index is 0.617. The lowest BCUT2D eigenvalue weighted by molar-refractivity contribution is 0.397. The molecule has 1 N–H and O–H groups in total. The fourth-order valence-corrected chi connectivity index (χ4v) is 2.50.